The van der Waals surface area contributed by atoms with Crippen LogP contribution in [-0.2, 0) is 11.2 Å². The second kappa shape index (κ2) is 8.55. The van der Waals surface area contributed by atoms with E-state index in [1.54, 1.807) is 7.11 Å². The average molecular weight is 383 g/mol. The lowest BCUT2D eigenvalue weighted by Gasteiger charge is -2.21. The highest BCUT2D eigenvalue weighted by Crippen LogP contribution is 2.33. The number of hydrogen-bond acceptors (Lipinski definition) is 4. The molecule has 3 rings (SSSR count). The van der Waals surface area contributed by atoms with Crippen molar-refractivity contribution in [3.8, 4) is 17.2 Å². The first-order valence-electron chi connectivity index (χ1n) is 9.75. The van der Waals surface area contributed by atoms with E-state index in [4.69, 9.17) is 14.2 Å². The highest BCUT2D eigenvalue weighted by Gasteiger charge is 2.17. The first kappa shape index (κ1) is 20.1. The van der Waals surface area contributed by atoms with E-state index < -0.39 is 0 Å². The van der Waals surface area contributed by atoms with Crippen LogP contribution < -0.4 is 19.5 Å². The van der Waals surface area contributed by atoms with Crippen LogP contribution >= 0.6 is 0 Å². The van der Waals surface area contributed by atoms with Crippen molar-refractivity contribution in [1.29, 1.82) is 0 Å². The molecular weight excluding hydrogens is 354 g/mol. The van der Waals surface area contributed by atoms with Crippen LogP contribution in [0.2, 0.25) is 0 Å². The van der Waals surface area contributed by atoms with Gasteiger partial charge >= 0.3 is 0 Å². The van der Waals surface area contributed by atoms with Crippen LogP contribution in [0.5, 0.6) is 17.2 Å². The third-order valence-corrected chi connectivity index (χ3v) is 5.16. The summed E-state index contributed by atoms with van der Waals surface area (Å²) in [7, 11) is 1.70. The Morgan fingerprint density at radius 1 is 1.11 bits per heavy atom. The molecule has 1 aliphatic rings. The summed E-state index contributed by atoms with van der Waals surface area (Å²) in [5.41, 5.74) is 4.46. The molecule has 0 saturated carbocycles. The number of fused-ring (bicyclic) bond motifs is 1. The van der Waals surface area contributed by atoms with Crippen LogP contribution in [0.4, 0.5) is 0 Å². The SMILES string of the molecule is COc1cc(C)c(C(C)NC(=O)CCc2ccc3c(c2)OCO3)cc1C(C)C. The van der Waals surface area contributed by atoms with Gasteiger partial charge in [0.15, 0.2) is 11.5 Å². The molecule has 1 amide bonds. The van der Waals surface area contributed by atoms with Crippen LogP contribution in [0.15, 0.2) is 30.3 Å². The quantitative estimate of drug-likeness (QED) is 0.755. The zero-order valence-electron chi connectivity index (χ0n) is 17.3. The second-order valence-corrected chi connectivity index (χ2v) is 7.58. The van der Waals surface area contributed by atoms with Gasteiger partial charge < -0.3 is 19.5 Å². The minimum absolute atomic E-state index is 0.0338. The minimum atomic E-state index is -0.0624. The van der Waals surface area contributed by atoms with E-state index >= 15 is 0 Å². The highest BCUT2D eigenvalue weighted by molar-refractivity contribution is 5.76. The van der Waals surface area contributed by atoms with Gasteiger partial charge in [-0.15, -0.1) is 0 Å². The van der Waals surface area contributed by atoms with Crippen molar-refractivity contribution in [3.05, 3.63) is 52.6 Å². The zero-order valence-corrected chi connectivity index (χ0v) is 17.3. The number of benzene rings is 2. The number of amides is 1. The zero-order chi connectivity index (χ0) is 20.3. The summed E-state index contributed by atoms with van der Waals surface area (Å²) in [5, 5.41) is 3.13. The molecule has 1 aliphatic heterocycles. The molecule has 1 N–H and O–H groups in total. The lowest BCUT2D eigenvalue weighted by Crippen LogP contribution is -2.27. The molecule has 0 aromatic heterocycles. The topological polar surface area (TPSA) is 56.8 Å². The Kier molecular flexibility index (Phi) is 6.12. The number of carbonyl (C=O) groups is 1. The molecule has 0 spiro atoms. The van der Waals surface area contributed by atoms with Crippen LogP contribution in [0, 0.1) is 6.92 Å². The number of aryl methyl sites for hydroxylation is 2. The van der Waals surface area contributed by atoms with Gasteiger partial charge in [0, 0.05) is 6.42 Å². The van der Waals surface area contributed by atoms with Gasteiger partial charge in [0.25, 0.3) is 0 Å². The Morgan fingerprint density at radius 3 is 2.57 bits per heavy atom. The van der Waals surface area contributed by atoms with Crippen molar-refractivity contribution in [2.75, 3.05) is 13.9 Å². The van der Waals surface area contributed by atoms with E-state index in [1.807, 2.05) is 25.1 Å². The molecule has 1 atom stereocenters. The van der Waals surface area contributed by atoms with Crippen molar-refractivity contribution >= 4 is 5.91 Å². The number of ether oxygens (including phenoxy) is 3. The first-order chi connectivity index (χ1) is 13.4. The number of nitrogens with one attached hydrogen (secondary N) is 1. The molecule has 0 radical (unpaired) electrons. The van der Waals surface area contributed by atoms with E-state index in [1.165, 1.54) is 0 Å². The largest absolute Gasteiger partial charge is 0.496 e. The van der Waals surface area contributed by atoms with Crippen LogP contribution in [0.1, 0.15) is 61.4 Å². The maximum atomic E-state index is 12.5. The van der Waals surface area contributed by atoms with Crippen molar-refractivity contribution in [2.45, 2.75) is 52.5 Å². The molecule has 0 bridgehead atoms. The van der Waals surface area contributed by atoms with E-state index in [9.17, 15) is 4.79 Å². The molecule has 0 fully saturated rings. The molecule has 2 aromatic carbocycles. The Labute approximate surface area is 167 Å². The Bertz CT molecular complexity index is 860. The predicted octanol–water partition coefficient (Wildman–Crippen LogP) is 4.67. The number of hydrogen-bond donors (Lipinski definition) is 1. The van der Waals surface area contributed by atoms with Crippen LogP contribution in [0.3, 0.4) is 0 Å². The molecule has 0 saturated heterocycles. The fourth-order valence-corrected chi connectivity index (χ4v) is 3.56. The summed E-state index contributed by atoms with van der Waals surface area (Å²) in [5.74, 6) is 2.80. The van der Waals surface area contributed by atoms with Crippen LogP contribution in [-0.4, -0.2) is 19.8 Å². The normalized spacial score (nSPS) is 13.5. The van der Waals surface area contributed by atoms with Gasteiger partial charge in [-0.3, -0.25) is 4.79 Å². The molecular formula is C23H29NO4. The smallest absolute Gasteiger partial charge is 0.231 e. The number of carbonyl (C=O) groups excluding carboxylic acids is 1. The molecule has 2 aromatic rings. The second-order valence-electron chi connectivity index (χ2n) is 7.58. The van der Waals surface area contributed by atoms with Crippen molar-refractivity contribution in [3.63, 3.8) is 0 Å². The molecule has 150 valence electrons. The van der Waals surface area contributed by atoms with E-state index in [-0.39, 0.29) is 18.7 Å². The van der Waals surface area contributed by atoms with Gasteiger partial charge in [0.2, 0.25) is 12.7 Å². The molecule has 0 aliphatic carbocycles. The van der Waals surface area contributed by atoms with Gasteiger partial charge in [-0.25, -0.2) is 0 Å². The third kappa shape index (κ3) is 4.41. The fourth-order valence-electron chi connectivity index (χ4n) is 3.56. The van der Waals surface area contributed by atoms with Gasteiger partial charge in [0.1, 0.15) is 5.75 Å². The lowest BCUT2D eigenvalue weighted by molar-refractivity contribution is -0.121. The summed E-state index contributed by atoms with van der Waals surface area (Å²) in [4.78, 5) is 12.5. The third-order valence-electron chi connectivity index (χ3n) is 5.16. The van der Waals surface area contributed by atoms with Crippen molar-refractivity contribution in [1.82, 2.24) is 5.32 Å². The summed E-state index contributed by atoms with van der Waals surface area (Å²) in [6.45, 7) is 8.63. The van der Waals surface area contributed by atoms with Crippen molar-refractivity contribution in [2.24, 2.45) is 0 Å². The maximum absolute atomic E-state index is 12.5. The van der Waals surface area contributed by atoms with E-state index in [0.717, 1.165) is 39.5 Å². The molecule has 1 heterocycles. The van der Waals surface area contributed by atoms with Crippen LogP contribution in [0.25, 0.3) is 0 Å². The number of rotatable bonds is 7. The summed E-state index contributed by atoms with van der Waals surface area (Å²) < 4.78 is 16.2. The molecule has 28 heavy (non-hydrogen) atoms. The summed E-state index contributed by atoms with van der Waals surface area (Å²) in [6, 6.07) is 9.97. The van der Waals surface area contributed by atoms with Gasteiger partial charge in [0.05, 0.1) is 13.2 Å². The minimum Gasteiger partial charge on any atom is -0.496 e. The van der Waals surface area contributed by atoms with Gasteiger partial charge in [-0.05, 0) is 72.7 Å². The average Bonchev–Trinajstić information content (AvgIpc) is 3.13. The van der Waals surface area contributed by atoms with E-state index in [0.29, 0.717) is 18.8 Å². The molecule has 5 heteroatoms. The molecule has 1 unspecified atom stereocenters. The fraction of sp³-hybridized carbons (Fsp3) is 0.435. The van der Waals surface area contributed by atoms with Gasteiger partial charge in [-0.2, -0.15) is 0 Å². The molecule has 5 nitrogen and oxygen atoms in total. The first-order valence-corrected chi connectivity index (χ1v) is 9.75. The Morgan fingerprint density at radius 2 is 1.86 bits per heavy atom. The Hall–Kier alpha value is -2.69. The monoisotopic (exact) mass is 383 g/mol. The van der Waals surface area contributed by atoms with Crippen molar-refractivity contribution < 1.29 is 19.0 Å². The summed E-state index contributed by atoms with van der Waals surface area (Å²) >= 11 is 0. The van der Waals surface area contributed by atoms with E-state index in [2.05, 4.69) is 38.2 Å². The predicted molar refractivity (Wildman–Crippen MR) is 109 cm³/mol. The van der Waals surface area contributed by atoms with Gasteiger partial charge in [-0.1, -0.05) is 19.9 Å². The Balaban J connectivity index is 1.63. The maximum Gasteiger partial charge on any atom is 0.231 e. The standard InChI is InChI=1S/C23H29NO4/c1-14(2)18-12-19(15(3)10-21(18)26-5)16(4)24-23(25)9-7-17-6-8-20-22(11-17)28-13-27-20/h6,8,10-12,14,16H,7,9,13H2,1-5H3,(H,24,25). The number of methoxy groups -OCH3 is 1. The lowest BCUT2D eigenvalue weighted by atomic mass is 9.93. The summed E-state index contributed by atoms with van der Waals surface area (Å²) in [6.07, 6.45) is 1.09. The highest BCUT2D eigenvalue weighted by atomic mass is 16.7.